The summed E-state index contributed by atoms with van der Waals surface area (Å²) in [6.45, 7) is 12.4. The van der Waals surface area contributed by atoms with Crippen molar-refractivity contribution in [3.8, 4) is 5.69 Å². The number of hydrogen-bond acceptors (Lipinski definition) is 4. The molecule has 7 heteroatoms. The zero-order valence-corrected chi connectivity index (χ0v) is 20.6. The maximum Gasteiger partial charge on any atom is 0.335 e. The second-order valence-corrected chi connectivity index (χ2v) is 9.93. The summed E-state index contributed by atoms with van der Waals surface area (Å²) in [4.78, 5) is 41.4. The van der Waals surface area contributed by atoms with E-state index in [4.69, 9.17) is 0 Å². The smallest absolute Gasteiger partial charge is 0.335 e. The number of carbonyl (C=O) groups excluding carboxylic acids is 1. The summed E-state index contributed by atoms with van der Waals surface area (Å²) in [5.41, 5.74) is 1.42. The van der Waals surface area contributed by atoms with Crippen LogP contribution in [0.5, 0.6) is 0 Å². The summed E-state index contributed by atoms with van der Waals surface area (Å²) < 4.78 is 3.01. The van der Waals surface area contributed by atoms with Crippen LogP contribution in [-0.2, 0) is 11.3 Å². The van der Waals surface area contributed by atoms with E-state index in [2.05, 4.69) is 24.1 Å². The second kappa shape index (κ2) is 10.9. The molecule has 3 rings (SSSR count). The zero-order chi connectivity index (χ0) is 24.1. The summed E-state index contributed by atoms with van der Waals surface area (Å²) in [5.74, 6) is 0.795. The molecular weight excluding hydrogens is 416 g/mol. The summed E-state index contributed by atoms with van der Waals surface area (Å²) in [6.07, 6.45) is 2.36. The molecule has 1 saturated heterocycles. The first kappa shape index (κ1) is 24.8. The van der Waals surface area contributed by atoms with E-state index in [1.807, 2.05) is 51.1 Å². The van der Waals surface area contributed by atoms with Gasteiger partial charge in [-0.05, 0) is 50.2 Å². The number of para-hydroxylation sites is 1. The fourth-order valence-corrected chi connectivity index (χ4v) is 4.50. The summed E-state index contributed by atoms with van der Waals surface area (Å²) in [7, 11) is 0. The highest BCUT2D eigenvalue weighted by Gasteiger charge is 2.29. The lowest BCUT2D eigenvalue weighted by atomic mass is 9.95. The van der Waals surface area contributed by atoms with Crippen molar-refractivity contribution in [2.45, 2.75) is 60.4 Å². The number of benzene rings is 1. The lowest BCUT2D eigenvalue weighted by Gasteiger charge is -2.34. The molecule has 1 N–H and O–H groups in total. The van der Waals surface area contributed by atoms with Crippen LogP contribution in [-0.4, -0.2) is 34.7 Å². The van der Waals surface area contributed by atoms with Gasteiger partial charge in [0, 0.05) is 32.1 Å². The van der Waals surface area contributed by atoms with E-state index in [0.717, 1.165) is 12.1 Å². The Morgan fingerprint density at radius 3 is 2.24 bits per heavy atom. The predicted octanol–water partition coefficient (Wildman–Crippen LogP) is 3.34. The van der Waals surface area contributed by atoms with Gasteiger partial charge in [-0.3, -0.25) is 18.7 Å². The average Bonchev–Trinajstić information content (AvgIpc) is 2.77. The molecule has 1 aromatic heterocycles. The average molecular weight is 455 g/mol. The van der Waals surface area contributed by atoms with E-state index in [-0.39, 0.29) is 29.0 Å². The Kier molecular flexibility index (Phi) is 8.16. The molecule has 2 aromatic rings. The molecule has 0 atom stereocenters. The van der Waals surface area contributed by atoms with Crippen LogP contribution in [0.2, 0.25) is 0 Å². The van der Waals surface area contributed by atoms with Crippen molar-refractivity contribution in [1.29, 1.82) is 0 Å². The van der Waals surface area contributed by atoms with Crippen molar-refractivity contribution < 1.29 is 4.79 Å². The van der Waals surface area contributed by atoms with Gasteiger partial charge >= 0.3 is 5.69 Å². The molecule has 0 bridgehead atoms. The van der Waals surface area contributed by atoms with E-state index in [1.54, 1.807) is 4.57 Å². The van der Waals surface area contributed by atoms with E-state index in [0.29, 0.717) is 56.3 Å². The third-order valence-electron chi connectivity index (χ3n) is 6.31. The molecule has 180 valence electrons. The second-order valence-electron chi connectivity index (χ2n) is 9.93. The number of rotatable bonds is 8. The van der Waals surface area contributed by atoms with Gasteiger partial charge in [-0.1, -0.05) is 45.9 Å². The fourth-order valence-electron chi connectivity index (χ4n) is 4.50. The zero-order valence-electron chi connectivity index (χ0n) is 20.6. The molecule has 0 radical (unpaired) electrons. The Bertz CT molecular complexity index is 1060. The predicted molar refractivity (Wildman–Crippen MR) is 133 cm³/mol. The molecule has 1 amide bonds. The van der Waals surface area contributed by atoms with Gasteiger partial charge in [0.2, 0.25) is 5.91 Å². The maximum absolute atomic E-state index is 13.5. The van der Waals surface area contributed by atoms with Crippen molar-refractivity contribution in [3.63, 3.8) is 0 Å². The Morgan fingerprint density at radius 1 is 1.03 bits per heavy atom. The van der Waals surface area contributed by atoms with E-state index in [9.17, 15) is 14.4 Å². The molecule has 7 nitrogen and oxygen atoms in total. The van der Waals surface area contributed by atoms with Crippen molar-refractivity contribution in [2.75, 3.05) is 24.5 Å². The number of piperidine rings is 1. The largest absolute Gasteiger partial charge is 0.366 e. The SMILES string of the molecule is Cc1c(N2CCC(C(=O)NCCC(C)C)CC2)c(=O)n(CC(C)C)c(=O)n1-c1ccccc1. The van der Waals surface area contributed by atoms with Crippen molar-refractivity contribution in [1.82, 2.24) is 14.5 Å². The minimum absolute atomic E-state index is 0.0355. The molecule has 1 aliphatic rings. The minimum atomic E-state index is -0.305. The van der Waals surface area contributed by atoms with Crippen LogP contribution in [0.25, 0.3) is 5.69 Å². The monoisotopic (exact) mass is 454 g/mol. The van der Waals surface area contributed by atoms with Crippen LogP contribution in [0.4, 0.5) is 5.69 Å². The van der Waals surface area contributed by atoms with Gasteiger partial charge in [-0.15, -0.1) is 0 Å². The van der Waals surface area contributed by atoms with Gasteiger partial charge in [0.05, 0.1) is 11.4 Å². The molecule has 0 aliphatic carbocycles. The summed E-state index contributed by atoms with van der Waals surface area (Å²) in [5, 5.41) is 3.06. The van der Waals surface area contributed by atoms with Gasteiger partial charge in [-0.25, -0.2) is 4.79 Å². The number of amides is 1. The topological polar surface area (TPSA) is 76.3 Å². The molecular formula is C26H38N4O3. The highest BCUT2D eigenvalue weighted by atomic mass is 16.2. The number of nitrogens with one attached hydrogen (secondary N) is 1. The highest BCUT2D eigenvalue weighted by Crippen LogP contribution is 2.24. The number of carbonyl (C=O) groups is 1. The van der Waals surface area contributed by atoms with Crippen LogP contribution in [0.1, 0.15) is 52.7 Å². The van der Waals surface area contributed by atoms with Crippen LogP contribution >= 0.6 is 0 Å². The Labute approximate surface area is 196 Å². The van der Waals surface area contributed by atoms with Gasteiger partial charge in [0.1, 0.15) is 5.69 Å². The molecule has 1 aliphatic heterocycles. The molecule has 33 heavy (non-hydrogen) atoms. The van der Waals surface area contributed by atoms with Crippen LogP contribution in [0, 0.1) is 24.7 Å². The van der Waals surface area contributed by atoms with E-state index < -0.39 is 0 Å². The number of hydrogen-bond donors (Lipinski definition) is 1. The van der Waals surface area contributed by atoms with E-state index in [1.165, 1.54) is 4.57 Å². The fraction of sp³-hybridized carbons (Fsp3) is 0.577. The lowest BCUT2D eigenvalue weighted by Crippen LogP contribution is -2.48. The Morgan fingerprint density at radius 2 is 1.67 bits per heavy atom. The third-order valence-corrected chi connectivity index (χ3v) is 6.31. The van der Waals surface area contributed by atoms with Gasteiger partial charge in [-0.2, -0.15) is 0 Å². The molecule has 1 aromatic carbocycles. The van der Waals surface area contributed by atoms with Crippen molar-refractivity contribution in [2.24, 2.45) is 17.8 Å². The van der Waals surface area contributed by atoms with Crippen LogP contribution in [0.3, 0.4) is 0 Å². The Balaban J connectivity index is 1.90. The number of anilines is 1. The Hall–Kier alpha value is -2.83. The first-order chi connectivity index (χ1) is 15.7. The molecule has 1 fully saturated rings. The third kappa shape index (κ3) is 5.75. The van der Waals surface area contributed by atoms with E-state index >= 15 is 0 Å². The molecule has 0 unspecified atom stereocenters. The minimum Gasteiger partial charge on any atom is -0.366 e. The standard InChI is InChI=1S/C26H38N4O3/c1-18(2)11-14-27-24(31)21-12-15-28(16-13-21)23-20(5)30(22-9-7-6-8-10-22)26(33)29(25(23)32)17-19(3)4/h6-10,18-19,21H,11-17H2,1-5H3,(H,27,31). The first-order valence-corrected chi connectivity index (χ1v) is 12.1. The lowest BCUT2D eigenvalue weighted by molar-refractivity contribution is -0.125. The van der Waals surface area contributed by atoms with Crippen LogP contribution < -0.4 is 21.5 Å². The van der Waals surface area contributed by atoms with Crippen LogP contribution in [0.15, 0.2) is 39.9 Å². The maximum atomic E-state index is 13.5. The number of aromatic nitrogens is 2. The van der Waals surface area contributed by atoms with Gasteiger partial charge in [0.15, 0.2) is 0 Å². The molecule has 0 spiro atoms. The normalized spacial score (nSPS) is 14.8. The van der Waals surface area contributed by atoms with Gasteiger partial charge in [0.25, 0.3) is 5.56 Å². The molecule has 2 heterocycles. The summed E-state index contributed by atoms with van der Waals surface area (Å²) in [6, 6.07) is 9.46. The molecule has 0 saturated carbocycles. The first-order valence-electron chi connectivity index (χ1n) is 12.1. The van der Waals surface area contributed by atoms with Gasteiger partial charge < -0.3 is 10.2 Å². The van der Waals surface area contributed by atoms with Crippen molar-refractivity contribution in [3.05, 3.63) is 56.9 Å². The van der Waals surface area contributed by atoms with Crippen molar-refractivity contribution >= 4 is 11.6 Å². The highest BCUT2D eigenvalue weighted by molar-refractivity contribution is 5.79. The quantitative estimate of drug-likeness (QED) is 0.664. The number of nitrogens with zero attached hydrogens (tertiary/aromatic N) is 3. The summed E-state index contributed by atoms with van der Waals surface area (Å²) >= 11 is 0.